The molecular weight excluding hydrogens is 228 g/mol. The normalized spacial score (nSPS) is 10.2. The van der Waals surface area contributed by atoms with Gasteiger partial charge in [-0.05, 0) is 57.1 Å². The van der Waals surface area contributed by atoms with Gasteiger partial charge in [0, 0.05) is 12.1 Å². The minimum Gasteiger partial charge on any atom is -0.496 e. The summed E-state index contributed by atoms with van der Waals surface area (Å²) in [5.74, 6) is 0.901. The van der Waals surface area contributed by atoms with Gasteiger partial charge in [0.05, 0.1) is 7.11 Å². The van der Waals surface area contributed by atoms with Gasteiger partial charge in [0.25, 0.3) is 0 Å². The Morgan fingerprint density at radius 2 is 2.00 bits per heavy atom. The second kappa shape index (κ2) is 7.01. The van der Waals surface area contributed by atoms with E-state index in [-0.39, 0.29) is 5.91 Å². The van der Waals surface area contributed by atoms with Crippen LogP contribution in [0.4, 0.5) is 5.69 Å². The number of benzene rings is 1. The second-order valence-corrected chi connectivity index (χ2v) is 4.39. The van der Waals surface area contributed by atoms with Crippen LogP contribution in [0.5, 0.6) is 5.75 Å². The smallest absolute Gasteiger partial charge is 0.224 e. The van der Waals surface area contributed by atoms with E-state index in [4.69, 9.17) is 4.74 Å². The van der Waals surface area contributed by atoms with E-state index in [1.807, 2.05) is 33.0 Å². The van der Waals surface area contributed by atoms with E-state index in [1.54, 1.807) is 7.11 Å². The highest BCUT2D eigenvalue weighted by molar-refractivity contribution is 5.91. The van der Waals surface area contributed by atoms with E-state index >= 15 is 0 Å². The molecule has 1 aromatic rings. The number of anilines is 1. The molecule has 1 rings (SSSR count). The summed E-state index contributed by atoms with van der Waals surface area (Å²) in [7, 11) is 3.53. The predicted molar refractivity (Wildman–Crippen MR) is 74.3 cm³/mol. The monoisotopic (exact) mass is 250 g/mol. The lowest BCUT2D eigenvalue weighted by Gasteiger charge is -2.12. The van der Waals surface area contributed by atoms with E-state index in [0.29, 0.717) is 6.42 Å². The molecule has 0 spiro atoms. The van der Waals surface area contributed by atoms with Crippen LogP contribution in [0.2, 0.25) is 0 Å². The molecule has 0 fully saturated rings. The Labute approximate surface area is 109 Å². The first kappa shape index (κ1) is 14.5. The fourth-order valence-corrected chi connectivity index (χ4v) is 1.78. The van der Waals surface area contributed by atoms with Crippen molar-refractivity contribution in [1.29, 1.82) is 0 Å². The third-order valence-electron chi connectivity index (χ3n) is 2.85. The van der Waals surface area contributed by atoms with Crippen molar-refractivity contribution in [1.82, 2.24) is 5.32 Å². The molecule has 4 nitrogen and oxygen atoms in total. The van der Waals surface area contributed by atoms with Gasteiger partial charge in [0.1, 0.15) is 5.75 Å². The molecule has 100 valence electrons. The number of nitrogens with one attached hydrogen (secondary N) is 2. The van der Waals surface area contributed by atoms with Crippen LogP contribution in [0.3, 0.4) is 0 Å². The van der Waals surface area contributed by atoms with Gasteiger partial charge in [0.15, 0.2) is 0 Å². The third-order valence-corrected chi connectivity index (χ3v) is 2.85. The molecule has 0 aliphatic rings. The van der Waals surface area contributed by atoms with Crippen LogP contribution in [0.25, 0.3) is 0 Å². The lowest BCUT2D eigenvalue weighted by Crippen LogP contribution is -2.15. The van der Waals surface area contributed by atoms with Crippen LogP contribution in [-0.2, 0) is 4.79 Å². The van der Waals surface area contributed by atoms with Crippen LogP contribution in [0.15, 0.2) is 12.1 Å². The molecule has 0 aliphatic heterocycles. The number of ether oxygens (including phenoxy) is 1. The SMILES string of the molecule is CNCCCC(=O)Nc1cc(C)c(OC)cc1C. The number of hydrogen-bond acceptors (Lipinski definition) is 3. The van der Waals surface area contributed by atoms with Crippen LogP contribution in [0, 0.1) is 13.8 Å². The van der Waals surface area contributed by atoms with Crippen LogP contribution in [0.1, 0.15) is 24.0 Å². The number of hydrogen-bond donors (Lipinski definition) is 2. The molecule has 0 aromatic heterocycles. The highest BCUT2D eigenvalue weighted by Gasteiger charge is 2.07. The fourth-order valence-electron chi connectivity index (χ4n) is 1.78. The molecule has 0 radical (unpaired) electrons. The summed E-state index contributed by atoms with van der Waals surface area (Å²) in [5.41, 5.74) is 2.90. The predicted octanol–water partition coefficient (Wildman–Crippen LogP) is 2.25. The molecular formula is C14H22N2O2. The topological polar surface area (TPSA) is 50.4 Å². The Kier molecular flexibility index (Phi) is 5.65. The Morgan fingerprint density at radius 3 is 2.61 bits per heavy atom. The highest BCUT2D eigenvalue weighted by Crippen LogP contribution is 2.25. The van der Waals surface area contributed by atoms with Gasteiger partial charge >= 0.3 is 0 Å². The maximum atomic E-state index is 11.7. The lowest BCUT2D eigenvalue weighted by atomic mass is 10.1. The van der Waals surface area contributed by atoms with E-state index in [0.717, 1.165) is 35.5 Å². The zero-order valence-electron chi connectivity index (χ0n) is 11.6. The van der Waals surface area contributed by atoms with Crippen molar-refractivity contribution in [3.05, 3.63) is 23.3 Å². The first-order chi connectivity index (χ1) is 8.58. The van der Waals surface area contributed by atoms with E-state index < -0.39 is 0 Å². The van der Waals surface area contributed by atoms with Crippen LogP contribution in [-0.4, -0.2) is 26.6 Å². The number of carbonyl (C=O) groups excluding carboxylic acids is 1. The molecule has 2 N–H and O–H groups in total. The Balaban J connectivity index is 2.67. The summed E-state index contributed by atoms with van der Waals surface area (Å²) < 4.78 is 5.24. The molecule has 0 atom stereocenters. The molecule has 0 heterocycles. The van der Waals surface area contributed by atoms with Gasteiger partial charge in [-0.2, -0.15) is 0 Å². The van der Waals surface area contributed by atoms with Crippen molar-refractivity contribution in [3.63, 3.8) is 0 Å². The van der Waals surface area contributed by atoms with E-state index in [9.17, 15) is 4.79 Å². The second-order valence-electron chi connectivity index (χ2n) is 4.39. The quantitative estimate of drug-likeness (QED) is 0.761. The van der Waals surface area contributed by atoms with Gasteiger partial charge < -0.3 is 15.4 Å². The molecule has 18 heavy (non-hydrogen) atoms. The summed E-state index contributed by atoms with van der Waals surface area (Å²) in [6, 6.07) is 3.89. The highest BCUT2D eigenvalue weighted by atomic mass is 16.5. The third kappa shape index (κ3) is 4.04. The molecule has 0 bridgehead atoms. The largest absolute Gasteiger partial charge is 0.496 e. The molecule has 1 amide bonds. The van der Waals surface area contributed by atoms with Crippen molar-refractivity contribution in [2.75, 3.05) is 26.0 Å². The van der Waals surface area contributed by atoms with E-state index in [2.05, 4.69) is 10.6 Å². The summed E-state index contributed by atoms with van der Waals surface area (Å²) in [6.07, 6.45) is 1.38. The van der Waals surface area contributed by atoms with Gasteiger partial charge in [-0.15, -0.1) is 0 Å². The average molecular weight is 250 g/mol. The van der Waals surface area contributed by atoms with Gasteiger partial charge in [-0.3, -0.25) is 4.79 Å². The minimum absolute atomic E-state index is 0.0536. The summed E-state index contributed by atoms with van der Waals surface area (Å²) >= 11 is 0. The van der Waals surface area contributed by atoms with Crippen molar-refractivity contribution < 1.29 is 9.53 Å². The van der Waals surface area contributed by atoms with Gasteiger partial charge in [-0.1, -0.05) is 0 Å². The fraction of sp³-hybridized carbons (Fsp3) is 0.500. The molecule has 0 unspecified atom stereocenters. The van der Waals surface area contributed by atoms with Crippen molar-refractivity contribution in [2.24, 2.45) is 0 Å². The first-order valence-electron chi connectivity index (χ1n) is 6.18. The summed E-state index contributed by atoms with van der Waals surface area (Å²) in [4.78, 5) is 11.7. The molecule has 1 aromatic carbocycles. The Bertz CT molecular complexity index is 417. The average Bonchev–Trinajstić information content (AvgIpc) is 2.33. The minimum atomic E-state index is 0.0536. The van der Waals surface area contributed by atoms with Crippen LogP contribution < -0.4 is 15.4 Å². The number of rotatable bonds is 6. The molecule has 0 saturated heterocycles. The van der Waals surface area contributed by atoms with Crippen LogP contribution >= 0.6 is 0 Å². The van der Waals surface area contributed by atoms with Crippen molar-refractivity contribution in [2.45, 2.75) is 26.7 Å². The van der Waals surface area contributed by atoms with Gasteiger partial charge in [0.2, 0.25) is 5.91 Å². The molecule has 4 heteroatoms. The Hall–Kier alpha value is -1.55. The Morgan fingerprint density at radius 1 is 1.28 bits per heavy atom. The van der Waals surface area contributed by atoms with Gasteiger partial charge in [-0.25, -0.2) is 0 Å². The summed E-state index contributed by atoms with van der Waals surface area (Å²) in [6.45, 7) is 4.79. The zero-order valence-corrected chi connectivity index (χ0v) is 11.6. The number of methoxy groups -OCH3 is 1. The molecule has 0 aliphatic carbocycles. The number of aryl methyl sites for hydroxylation is 2. The number of carbonyl (C=O) groups is 1. The standard InChI is InChI=1S/C14H22N2O2/c1-10-9-13(18-4)11(2)8-12(10)16-14(17)6-5-7-15-3/h8-9,15H,5-7H2,1-4H3,(H,16,17). The van der Waals surface area contributed by atoms with Crippen molar-refractivity contribution in [3.8, 4) is 5.75 Å². The number of amides is 1. The first-order valence-corrected chi connectivity index (χ1v) is 6.18. The maximum Gasteiger partial charge on any atom is 0.224 e. The maximum absolute atomic E-state index is 11.7. The van der Waals surface area contributed by atoms with Crippen molar-refractivity contribution >= 4 is 11.6 Å². The molecule has 0 saturated carbocycles. The van der Waals surface area contributed by atoms with E-state index in [1.165, 1.54) is 0 Å². The lowest BCUT2D eigenvalue weighted by molar-refractivity contribution is -0.116. The summed E-state index contributed by atoms with van der Waals surface area (Å²) in [5, 5.41) is 5.96. The zero-order chi connectivity index (χ0) is 13.5.